The molecule has 114 valence electrons. The number of nitrogens with one attached hydrogen (secondary N) is 1. The number of rotatable bonds is 6. The van der Waals surface area contributed by atoms with Gasteiger partial charge in [0.15, 0.2) is 0 Å². The molecule has 1 amide bonds. The van der Waals surface area contributed by atoms with Crippen molar-refractivity contribution in [2.75, 3.05) is 6.54 Å². The minimum atomic E-state index is -0.844. The van der Waals surface area contributed by atoms with Crippen LogP contribution in [0.4, 0.5) is 0 Å². The van der Waals surface area contributed by atoms with Gasteiger partial charge < -0.3 is 10.4 Å². The molecule has 0 bridgehead atoms. The van der Waals surface area contributed by atoms with Crippen LogP contribution in [0.2, 0.25) is 0 Å². The van der Waals surface area contributed by atoms with E-state index in [9.17, 15) is 9.59 Å². The van der Waals surface area contributed by atoms with Crippen molar-refractivity contribution in [3.63, 3.8) is 0 Å². The van der Waals surface area contributed by atoms with Crippen molar-refractivity contribution >= 4 is 18.0 Å². The number of benzene rings is 1. The van der Waals surface area contributed by atoms with Gasteiger partial charge in [0.2, 0.25) is 5.91 Å². The van der Waals surface area contributed by atoms with E-state index >= 15 is 0 Å². The molecule has 0 heterocycles. The number of hydrogen-bond acceptors (Lipinski definition) is 2. The highest BCUT2D eigenvalue weighted by Crippen LogP contribution is 2.28. The molecule has 4 nitrogen and oxygen atoms in total. The zero-order chi connectivity index (χ0) is 15.9. The Labute approximate surface area is 125 Å². The quantitative estimate of drug-likeness (QED) is 0.791. The molecule has 0 fully saturated rings. The number of carboxylic acid groups (broad SMARTS) is 1. The van der Waals surface area contributed by atoms with Gasteiger partial charge in [0.1, 0.15) is 0 Å². The fourth-order valence-corrected chi connectivity index (χ4v) is 1.91. The van der Waals surface area contributed by atoms with Gasteiger partial charge in [-0.2, -0.15) is 0 Å². The molecule has 4 heteroatoms. The van der Waals surface area contributed by atoms with Crippen LogP contribution in [0.25, 0.3) is 6.08 Å². The molecule has 21 heavy (non-hydrogen) atoms. The van der Waals surface area contributed by atoms with Crippen LogP contribution in [-0.4, -0.2) is 23.5 Å². The number of aliphatic carboxylic acids is 1. The molecule has 1 rings (SSSR count). The Balaban J connectivity index is 2.54. The molecule has 0 aliphatic carbocycles. The molecule has 1 aromatic carbocycles. The second kappa shape index (κ2) is 7.62. The van der Waals surface area contributed by atoms with Crippen LogP contribution >= 0.6 is 0 Å². The van der Waals surface area contributed by atoms with E-state index in [2.05, 4.69) is 5.32 Å². The highest BCUT2D eigenvalue weighted by atomic mass is 16.4. The molecule has 0 saturated heterocycles. The lowest BCUT2D eigenvalue weighted by Gasteiger charge is -2.29. The van der Waals surface area contributed by atoms with E-state index in [4.69, 9.17) is 5.11 Å². The molecule has 1 atom stereocenters. The second-order valence-electron chi connectivity index (χ2n) is 6.15. The maximum Gasteiger partial charge on any atom is 0.303 e. The van der Waals surface area contributed by atoms with Crippen molar-refractivity contribution in [2.24, 2.45) is 11.3 Å². The van der Waals surface area contributed by atoms with Gasteiger partial charge in [0.25, 0.3) is 0 Å². The molecule has 0 aliphatic rings. The zero-order valence-electron chi connectivity index (χ0n) is 12.8. The first-order valence-corrected chi connectivity index (χ1v) is 7.02. The molecular weight excluding hydrogens is 266 g/mol. The molecule has 0 spiro atoms. The van der Waals surface area contributed by atoms with Crippen LogP contribution in [-0.2, 0) is 9.59 Å². The average Bonchev–Trinajstić information content (AvgIpc) is 2.40. The third-order valence-electron chi connectivity index (χ3n) is 3.40. The number of carboxylic acids is 1. The van der Waals surface area contributed by atoms with Crippen molar-refractivity contribution in [1.29, 1.82) is 0 Å². The van der Waals surface area contributed by atoms with Gasteiger partial charge in [-0.25, -0.2) is 0 Å². The maximum atomic E-state index is 11.8. The Morgan fingerprint density at radius 1 is 1.24 bits per heavy atom. The summed E-state index contributed by atoms with van der Waals surface area (Å²) in [4.78, 5) is 22.7. The topological polar surface area (TPSA) is 66.4 Å². The summed E-state index contributed by atoms with van der Waals surface area (Å²) in [5.41, 5.74) is 0.778. The van der Waals surface area contributed by atoms with Gasteiger partial charge in [-0.05, 0) is 23.0 Å². The predicted octanol–water partition coefficient (Wildman–Crippen LogP) is 2.95. The standard InChI is InChI=1S/C17H23NO3/c1-17(2,3)14(11-16(20)21)12-18-15(19)10-9-13-7-5-4-6-8-13/h4-10,14H,11-12H2,1-3H3,(H,18,19)(H,20,21)/b10-9+. The SMILES string of the molecule is CC(C)(C)C(CNC(=O)/C=C/c1ccccc1)CC(=O)O. The number of hydrogen-bond donors (Lipinski definition) is 2. The summed E-state index contributed by atoms with van der Waals surface area (Å²) in [6.07, 6.45) is 3.25. The average molecular weight is 289 g/mol. The first-order chi connectivity index (χ1) is 9.79. The van der Waals surface area contributed by atoms with E-state index in [-0.39, 0.29) is 23.7 Å². The summed E-state index contributed by atoms with van der Waals surface area (Å²) in [6.45, 7) is 6.29. The summed E-state index contributed by atoms with van der Waals surface area (Å²) >= 11 is 0. The van der Waals surface area contributed by atoms with Crippen LogP contribution in [0.3, 0.4) is 0 Å². The van der Waals surface area contributed by atoms with Crippen LogP contribution < -0.4 is 5.32 Å². The maximum absolute atomic E-state index is 11.8. The third-order valence-corrected chi connectivity index (χ3v) is 3.40. The normalized spacial score (nSPS) is 13.1. The smallest absolute Gasteiger partial charge is 0.303 e. The minimum Gasteiger partial charge on any atom is -0.481 e. The largest absolute Gasteiger partial charge is 0.481 e. The summed E-state index contributed by atoms with van der Waals surface area (Å²) in [7, 11) is 0. The van der Waals surface area contributed by atoms with Crippen molar-refractivity contribution < 1.29 is 14.7 Å². The molecular formula is C17H23NO3. The predicted molar refractivity (Wildman–Crippen MR) is 83.7 cm³/mol. The Morgan fingerprint density at radius 2 is 1.86 bits per heavy atom. The van der Waals surface area contributed by atoms with Gasteiger partial charge in [0.05, 0.1) is 6.42 Å². The first-order valence-electron chi connectivity index (χ1n) is 7.02. The highest BCUT2D eigenvalue weighted by molar-refractivity contribution is 5.91. The highest BCUT2D eigenvalue weighted by Gasteiger charge is 2.26. The second-order valence-corrected chi connectivity index (χ2v) is 6.15. The van der Waals surface area contributed by atoms with E-state index in [1.807, 2.05) is 51.1 Å². The van der Waals surface area contributed by atoms with E-state index in [1.165, 1.54) is 6.08 Å². The Bertz CT molecular complexity index is 501. The monoisotopic (exact) mass is 289 g/mol. The summed E-state index contributed by atoms with van der Waals surface area (Å²) in [5, 5.41) is 11.7. The van der Waals surface area contributed by atoms with Crippen molar-refractivity contribution in [3.05, 3.63) is 42.0 Å². The lowest BCUT2D eigenvalue weighted by atomic mass is 9.78. The Hall–Kier alpha value is -2.10. The van der Waals surface area contributed by atoms with E-state index in [0.717, 1.165) is 5.56 Å². The van der Waals surface area contributed by atoms with Gasteiger partial charge >= 0.3 is 5.97 Å². The van der Waals surface area contributed by atoms with Crippen molar-refractivity contribution in [3.8, 4) is 0 Å². The molecule has 0 aliphatic heterocycles. The van der Waals surface area contributed by atoms with Crippen LogP contribution in [0.1, 0.15) is 32.8 Å². The lowest BCUT2D eigenvalue weighted by molar-refractivity contribution is -0.139. The summed E-state index contributed by atoms with van der Waals surface area (Å²) < 4.78 is 0. The van der Waals surface area contributed by atoms with Gasteiger partial charge in [-0.1, -0.05) is 51.1 Å². The first kappa shape index (κ1) is 17.0. The van der Waals surface area contributed by atoms with Crippen LogP contribution in [0.5, 0.6) is 0 Å². The molecule has 1 aromatic rings. The van der Waals surface area contributed by atoms with E-state index < -0.39 is 5.97 Å². The number of carbonyl (C=O) groups excluding carboxylic acids is 1. The van der Waals surface area contributed by atoms with Crippen molar-refractivity contribution in [2.45, 2.75) is 27.2 Å². The molecule has 0 aromatic heterocycles. The van der Waals surface area contributed by atoms with Crippen LogP contribution in [0, 0.1) is 11.3 Å². The molecule has 1 unspecified atom stereocenters. The fourth-order valence-electron chi connectivity index (χ4n) is 1.91. The lowest BCUT2D eigenvalue weighted by Crippen LogP contribution is -2.35. The van der Waals surface area contributed by atoms with Gasteiger partial charge in [-0.15, -0.1) is 0 Å². The number of carbonyl (C=O) groups is 2. The third kappa shape index (κ3) is 6.75. The van der Waals surface area contributed by atoms with Gasteiger partial charge in [-0.3, -0.25) is 9.59 Å². The molecule has 0 radical (unpaired) electrons. The Kier molecular flexibility index (Phi) is 6.15. The van der Waals surface area contributed by atoms with E-state index in [1.54, 1.807) is 6.08 Å². The number of amides is 1. The summed E-state index contributed by atoms with van der Waals surface area (Å²) in [5.74, 6) is -1.16. The fraction of sp³-hybridized carbons (Fsp3) is 0.412. The minimum absolute atomic E-state index is 0.0478. The zero-order valence-corrected chi connectivity index (χ0v) is 12.8. The van der Waals surface area contributed by atoms with Gasteiger partial charge in [0, 0.05) is 12.6 Å². The molecule has 2 N–H and O–H groups in total. The molecule has 0 saturated carbocycles. The van der Waals surface area contributed by atoms with Crippen LogP contribution in [0.15, 0.2) is 36.4 Å². The van der Waals surface area contributed by atoms with E-state index in [0.29, 0.717) is 6.54 Å². The Morgan fingerprint density at radius 3 is 2.38 bits per heavy atom. The van der Waals surface area contributed by atoms with Crippen molar-refractivity contribution in [1.82, 2.24) is 5.32 Å². The summed E-state index contributed by atoms with van der Waals surface area (Å²) in [6, 6.07) is 9.54.